The van der Waals surface area contributed by atoms with Crippen LogP contribution in [0.4, 0.5) is 0 Å². The van der Waals surface area contributed by atoms with Gasteiger partial charge in [-0.05, 0) is 37.1 Å². The van der Waals surface area contributed by atoms with E-state index in [0.29, 0.717) is 19.7 Å². The quantitative estimate of drug-likeness (QED) is 0.642. The summed E-state index contributed by atoms with van der Waals surface area (Å²) >= 11 is 1.53. The Balaban J connectivity index is 1.95. The van der Waals surface area contributed by atoms with Crippen molar-refractivity contribution >= 4 is 17.2 Å². The largest absolute Gasteiger partial charge is 0.486 e. The molecule has 0 atom stereocenters. The first kappa shape index (κ1) is 19.1. The van der Waals surface area contributed by atoms with Crippen LogP contribution in [0.3, 0.4) is 0 Å². The molecule has 0 aliphatic heterocycles. The lowest BCUT2D eigenvalue weighted by molar-refractivity contribution is -0.135. The molecule has 0 spiro atoms. The molecule has 0 aliphatic carbocycles. The Bertz CT molecular complexity index is 727. The molecule has 1 heterocycles. The topological polar surface area (TPSA) is 51.7 Å². The first-order valence-corrected chi connectivity index (χ1v) is 8.92. The van der Waals surface area contributed by atoms with Crippen LogP contribution in [0, 0.1) is 13.8 Å². The Morgan fingerprint density at radius 3 is 2.84 bits per heavy atom. The van der Waals surface area contributed by atoms with E-state index in [9.17, 15) is 4.79 Å². The molecule has 0 N–H and O–H groups in total. The van der Waals surface area contributed by atoms with Crippen LogP contribution in [-0.4, -0.2) is 36.1 Å². The van der Waals surface area contributed by atoms with Crippen LogP contribution in [0.25, 0.3) is 0 Å². The summed E-state index contributed by atoms with van der Waals surface area (Å²) in [5.41, 5.74) is 3.29. The Hall–Kier alpha value is -2.18. The molecule has 0 bridgehead atoms. The van der Waals surface area contributed by atoms with Gasteiger partial charge in [0.1, 0.15) is 24.0 Å². The van der Waals surface area contributed by atoms with E-state index in [2.05, 4.69) is 25.4 Å². The van der Waals surface area contributed by atoms with Crippen molar-refractivity contribution in [2.45, 2.75) is 27.0 Å². The van der Waals surface area contributed by atoms with Gasteiger partial charge in [0.2, 0.25) is 5.91 Å². The fourth-order valence-corrected chi connectivity index (χ4v) is 2.95. The Labute approximate surface area is 152 Å². The molecule has 2 rings (SSSR count). The average molecular weight is 360 g/mol. The second-order valence-corrected chi connectivity index (χ2v) is 6.71. The number of nitrogens with zero attached hydrogens (tertiary/aromatic N) is 2. The number of benzene rings is 1. The van der Waals surface area contributed by atoms with E-state index in [1.807, 2.05) is 23.6 Å². The molecule has 0 radical (unpaired) electrons. The summed E-state index contributed by atoms with van der Waals surface area (Å²) in [6.45, 7) is 9.21. The van der Waals surface area contributed by atoms with Crippen molar-refractivity contribution < 1.29 is 14.3 Å². The third-order valence-corrected chi connectivity index (χ3v) is 4.63. The number of methoxy groups -OCH3 is 1. The highest BCUT2D eigenvalue weighted by atomic mass is 32.1. The maximum atomic E-state index is 12.0. The molecule has 0 saturated heterocycles. The van der Waals surface area contributed by atoms with Crippen molar-refractivity contribution in [3.63, 3.8) is 0 Å². The standard InChI is InChI=1S/C19H24N2O3S/c1-5-8-21(19(22)12-23-4)10-16-13-25-18(20-16)11-24-17-7-6-14(2)15(3)9-17/h5-7,9,13H,1,8,10-12H2,2-4H3. The van der Waals surface area contributed by atoms with Gasteiger partial charge < -0.3 is 14.4 Å². The molecular formula is C19H24N2O3S. The van der Waals surface area contributed by atoms with Crippen molar-refractivity contribution in [2.75, 3.05) is 20.3 Å². The van der Waals surface area contributed by atoms with Gasteiger partial charge in [0.25, 0.3) is 0 Å². The molecule has 0 fully saturated rings. The summed E-state index contributed by atoms with van der Waals surface area (Å²) < 4.78 is 10.7. The van der Waals surface area contributed by atoms with Crippen molar-refractivity contribution in [2.24, 2.45) is 0 Å². The highest BCUT2D eigenvalue weighted by molar-refractivity contribution is 7.09. The Morgan fingerprint density at radius 2 is 2.16 bits per heavy atom. The summed E-state index contributed by atoms with van der Waals surface area (Å²) in [5, 5.41) is 2.83. The highest BCUT2D eigenvalue weighted by Gasteiger charge is 2.14. The number of hydrogen-bond donors (Lipinski definition) is 0. The van der Waals surface area contributed by atoms with E-state index in [0.717, 1.165) is 16.5 Å². The minimum atomic E-state index is -0.0802. The van der Waals surface area contributed by atoms with Gasteiger partial charge in [0.05, 0.1) is 12.2 Å². The van der Waals surface area contributed by atoms with Gasteiger partial charge in [-0.1, -0.05) is 12.1 Å². The number of aromatic nitrogens is 1. The summed E-state index contributed by atoms with van der Waals surface area (Å²) in [6, 6.07) is 6.04. The number of rotatable bonds is 9. The normalized spacial score (nSPS) is 10.5. The second-order valence-electron chi connectivity index (χ2n) is 5.76. The van der Waals surface area contributed by atoms with Crippen LogP contribution in [-0.2, 0) is 22.7 Å². The number of carbonyl (C=O) groups is 1. The van der Waals surface area contributed by atoms with Crippen LogP contribution >= 0.6 is 11.3 Å². The lowest BCUT2D eigenvalue weighted by Crippen LogP contribution is -2.33. The number of amides is 1. The van der Waals surface area contributed by atoms with Gasteiger partial charge in [-0.2, -0.15) is 0 Å². The third kappa shape index (κ3) is 5.69. The lowest BCUT2D eigenvalue weighted by Gasteiger charge is -2.19. The van der Waals surface area contributed by atoms with Gasteiger partial charge >= 0.3 is 0 Å². The van der Waals surface area contributed by atoms with Crippen LogP contribution < -0.4 is 4.74 Å². The lowest BCUT2D eigenvalue weighted by atomic mass is 10.1. The minimum Gasteiger partial charge on any atom is -0.486 e. The maximum absolute atomic E-state index is 12.0. The smallest absolute Gasteiger partial charge is 0.249 e. The summed E-state index contributed by atoms with van der Waals surface area (Å²) in [4.78, 5) is 18.2. The van der Waals surface area contributed by atoms with Gasteiger partial charge in [-0.15, -0.1) is 17.9 Å². The van der Waals surface area contributed by atoms with Gasteiger partial charge in [-0.3, -0.25) is 4.79 Å². The van der Waals surface area contributed by atoms with E-state index in [4.69, 9.17) is 9.47 Å². The van der Waals surface area contributed by atoms with Gasteiger partial charge in [-0.25, -0.2) is 4.98 Å². The van der Waals surface area contributed by atoms with Gasteiger partial charge in [0.15, 0.2) is 0 Å². The predicted octanol–water partition coefficient (Wildman–Crippen LogP) is 3.50. The Kier molecular flexibility index (Phi) is 7.16. The zero-order valence-corrected chi connectivity index (χ0v) is 15.8. The molecule has 6 heteroatoms. The van der Waals surface area contributed by atoms with E-state index >= 15 is 0 Å². The van der Waals surface area contributed by atoms with Crippen molar-refractivity contribution in [3.8, 4) is 5.75 Å². The molecule has 134 valence electrons. The molecule has 0 aliphatic rings. The van der Waals surface area contributed by atoms with Crippen LogP contribution in [0.2, 0.25) is 0 Å². The summed E-state index contributed by atoms with van der Waals surface area (Å²) in [5.74, 6) is 0.756. The average Bonchev–Trinajstić information content (AvgIpc) is 3.03. The second kappa shape index (κ2) is 9.34. The van der Waals surface area contributed by atoms with Crippen molar-refractivity contribution in [3.05, 3.63) is 58.1 Å². The van der Waals surface area contributed by atoms with E-state index in [1.165, 1.54) is 29.6 Å². The van der Waals surface area contributed by atoms with E-state index < -0.39 is 0 Å². The molecule has 2 aromatic rings. The molecule has 0 saturated carbocycles. The van der Waals surface area contributed by atoms with Crippen molar-refractivity contribution in [1.82, 2.24) is 9.88 Å². The number of hydrogen-bond acceptors (Lipinski definition) is 5. The first-order chi connectivity index (χ1) is 12.0. The number of carbonyl (C=O) groups excluding carboxylic acids is 1. The zero-order chi connectivity index (χ0) is 18.2. The fraction of sp³-hybridized carbons (Fsp3) is 0.368. The molecule has 1 amide bonds. The zero-order valence-electron chi connectivity index (χ0n) is 14.9. The molecular weight excluding hydrogens is 336 g/mol. The molecule has 1 aromatic heterocycles. The van der Waals surface area contributed by atoms with Crippen LogP contribution in [0.5, 0.6) is 5.75 Å². The highest BCUT2D eigenvalue weighted by Crippen LogP contribution is 2.19. The van der Waals surface area contributed by atoms with Gasteiger partial charge in [0, 0.05) is 19.0 Å². The Morgan fingerprint density at radius 1 is 1.36 bits per heavy atom. The fourth-order valence-electron chi connectivity index (χ4n) is 2.26. The number of aryl methyl sites for hydroxylation is 2. The summed E-state index contributed by atoms with van der Waals surface area (Å²) in [7, 11) is 1.51. The number of thiazole rings is 1. The van der Waals surface area contributed by atoms with Crippen LogP contribution in [0.15, 0.2) is 36.2 Å². The third-order valence-electron chi connectivity index (χ3n) is 3.76. The van der Waals surface area contributed by atoms with E-state index in [1.54, 1.807) is 11.0 Å². The summed E-state index contributed by atoms with van der Waals surface area (Å²) in [6.07, 6.45) is 1.70. The molecule has 5 nitrogen and oxygen atoms in total. The van der Waals surface area contributed by atoms with Crippen molar-refractivity contribution in [1.29, 1.82) is 0 Å². The maximum Gasteiger partial charge on any atom is 0.249 e. The van der Waals surface area contributed by atoms with Crippen LogP contribution in [0.1, 0.15) is 21.8 Å². The molecule has 0 unspecified atom stereocenters. The monoisotopic (exact) mass is 360 g/mol. The first-order valence-electron chi connectivity index (χ1n) is 8.04. The predicted molar refractivity (Wildman–Crippen MR) is 99.9 cm³/mol. The molecule has 1 aromatic carbocycles. The van der Waals surface area contributed by atoms with E-state index in [-0.39, 0.29) is 12.5 Å². The SMILES string of the molecule is C=CCN(Cc1csc(COc2ccc(C)c(C)c2)n1)C(=O)COC. The number of ether oxygens (including phenoxy) is 2. The molecule has 25 heavy (non-hydrogen) atoms. The minimum absolute atomic E-state index is 0.0563.